The standard InChI is InChI=1S/C10H19Cl4N2O4P/c1-2-15(6-3-11)10(9-14)18-21(17,19-10)20-16(7-4-12)8-5-13/h2-9H2,1H3. The molecule has 0 aromatic rings. The summed E-state index contributed by atoms with van der Waals surface area (Å²) in [7, 11) is -3.70. The van der Waals surface area contributed by atoms with Crippen LogP contribution in [0.1, 0.15) is 6.92 Å². The molecule has 1 saturated heterocycles. The average molecular weight is 404 g/mol. The van der Waals surface area contributed by atoms with Crippen LogP contribution in [0.2, 0.25) is 0 Å². The van der Waals surface area contributed by atoms with Gasteiger partial charge in [-0.2, -0.15) is 9.69 Å². The number of phosphoric ester groups is 1. The van der Waals surface area contributed by atoms with Crippen molar-refractivity contribution in [3.8, 4) is 0 Å². The Balaban J connectivity index is 2.66. The predicted molar refractivity (Wildman–Crippen MR) is 85.3 cm³/mol. The summed E-state index contributed by atoms with van der Waals surface area (Å²) in [5.74, 6) is -0.324. The van der Waals surface area contributed by atoms with Gasteiger partial charge in [0.15, 0.2) is 0 Å². The predicted octanol–water partition coefficient (Wildman–Crippen LogP) is 3.31. The van der Waals surface area contributed by atoms with Crippen molar-refractivity contribution in [3.63, 3.8) is 0 Å². The second kappa shape index (κ2) is 9.48. The van der Waals surface area contributed by atoms with E-state index < -0.39 is 13.7 Å². The fraction of sp³-hybridized carbons (Fsp3) is 1.00. The highest BCUT2D eigenvalue weighted by Gasteiger charge is 2.61. The smallest absolute Gasteiger partial charge is 0.250 e. The van der Waals surface area contributed by atoms with Gasteiger partial charge in [-0.25, -0.2) is 18.5 Å². The number of rotatable bonds is 11. The maximum absolute atomic E-state index is 12.3. The van der Waals surface area contributed by atoms with Crippen molar-refractivity contribution in [2.45, 2.75) is 12.8 Å². The Labute approximate surface area is 145 Å². The lowest BCUT2D eigenvalue weighted by Crippen LogP contribution is -2.60. The Morgan fingerprint density at radius 1 is 1.05 bits per heavy atom. The van der Waals surface area contributed by atoms with E-state index >= 15 is 0 Å². The number of halogens is 4. The van der Waals surface area contributed by atoms with Gasteiger partial charge < -0.3 is 0 Å². The van der Waals surface area contributed by atoms with Crippen molar-refractivity contribution >= 4 is 54.2 Å². The second-order valence-corrected chi connectivity index (χ2v) is 6.96. The SMILES string of the molecule is CCN(CCCl)C1(CCl)OP(=O)(ON(CCCl)CCCl)O1. The van der Waals surface area contributed by atoms with Crippen LogP contribution in [-0.4, -0.2) is 65.6 Å². The van der Waals surface area contributed by atoms with E-state index in [1.807, 2.05) is 6.92 Å². The van der Waals surface area contributed by atoms with Crippen LogP contribution in [0.25, 0.3) is 0 Å². The lowest BCUT2D eigenvalue weighted by molar-refractivity contribution is -0.304. The average Bonchev–Trinajstić information content (AvgIpc) is 2.42. The summed E-state index contributed by atoms with van der Waals surface area (Å²) in [4.78, 5) is 1.75. The monoisotopic (exact) mass is 402 g/mol. The molecule has 11 heteroatoms. The fourth-order valence-electron chi connectivity index (χ4n) is 1.83. The molecule has 0 N–H and O–H groups in total. The van der Waals surface area contributed by atoms with Gasteiger partial charge in [-0.05, 0) is 0 Å². The number of hydroxylamine groups is 2. The van der Waals surface area contributed by atoms with Gasteiger partial charge in [0.2, 0.25) is 0 Å². The number of phosphoric acid groups is 1. The number of alkyl halides is 4. The molecule has 0 bridgehead atoms. The van der Waals surface area contributed by atoms with Crippen molar-refractivity contribution in [2.75, 3.05) is 49.7 Å². The quantitative estimate of drug-likeness (QED) is 0.299. The Bertz CT molecular complexity index is 350. The summed E-state index contributed by atoms with van der Waals surface area (Å²) < 4.78 is 28.4. The molecule has 0 spiro atoms. The molecule has 0 saturated carbocycles. The van der Waals surface area contributed by atoms with Crippen LogP contribution in [0.3, 0.4) is 0 Å². The van der Waals surface area contributed by atoms with Crippen LogP contribution in [0.5, 0.6) is 0 Å². The first kappa shape index (κ1) is 20.2. The zero-order chi connectivity index (χ0) is 15.9. The highest BCUT2D eigenvalue weighted by atomic mass is 35.5. The maximum Gasteiger partial charge on any atom is 0.498 e. The van der Waals surface area contributed by atoms with Crippen molar-refractivity contribution < 1.29 is 18.2 Å². The molecule has 0 amide bonds. The number of hydrogen-bond donors (Lipinski definition) is 0. The topological polar surface area (TPSA) is 51.2 Å². The van der Waals surface area contributed by atoms with Gasteiger partial charge in [0.05, 0.1) is 5.88 Å². The lowest BCUT2D eigenvalue weighted by atomic mass is 10.4. The van der Waals surface area contributed by atoms with E-state index in [9.17, 15) is 4.57 Å². The number of nitrogens with zero attached hydrogens (tertiary/aromatic N) is 2. The molecule has 1 heterocycles. The maximum atomic E-state index is 12.3. The normalized spacial score (nSPS) is 29.1. The van der Waals surface area contributed by atoms with Gasteiger partial charge in [0.25, 0.3) is 5.91 Å². The zero-order valence-electron chi connectivity index (χ0n) is 11.6. The fourth-order valence-corrected chi connectivity index (χ4v) is 4.43. The first-order valence-electron chi connectivity index (χ1n) is 6.44. The van der Waals surface area contributed by atoms with Gasteiger partial charge >= 0.3 is 7.82 Å². The molecular weight excluding hydrogens is 385 g/mol. The summed E-state index contributed by atoms with van der Waals surface area (Å²) in [5.41, 5.74) is 0. The molecule has 1 rings (SSSR count). The van der Waals surface area contributed by atoms with Gasteiger partial charge in [-0.1, -0.05) is 6.92 Å². The van der Waals surface area contributed by atoms with Gasteiger partial charge in [-0.15, -0.1) is 46.4 Å². The molecule has 21 heavy (non-hydrogen) atoms. The molecule has 0 radical (unpaired) electrons. The summed E-state index contributed by atoms with van der Waals surface area (Å²) in [6, 6.07) is 0. The van der Waals surface area contributed by atoms with E-state index in [1.165, 1.54) is 5.06 Å². The largest absolute Gasteiger partial charge is 0.498 e. The van der Waals surface area contributed by atoms with Crippen molar-refractivity contribution in [2.24, 2.45) is 0 Å². The van der Waals surface area contributed by atoms with Gasteiger partial charge in [0.1, 0.15) is 0 Å². The Morgan fingerprint density at radius 3 is 1.95 bits per heavy atom. The summed E-state index contributed by atoms with van der Waals surface area (Å²) in [6.45, 7) is 3.64. The summed E-state index contributed by atoms with van der Waals surface area (Å²) >= 11 is 22.9. The molecule has 0 unspecified atom stereocenters. The molecule has 1 fully saturated rings. The van der Waals surface area contributed by atoms with Gasteiger partial charge in [-0.3, -0.25) is 0 Å². The number of hydrogen-bond acceptors (Lipinski definition) is 6. The van der Waals surface area contributed by atoms with E-state index in [0.717, 1.165) is 0 Å². The molecule has 0 atom stereocenters. The third-order valence-electron chi connectivity index (χ3n) is 2.78. The highest BCUT2D eigenvalue weighted by Crippen LogP contribution is 2.66. The molecule has 0 aliphatic carbocycles. The van der Waals surface area contributed by atoms with E-state index in [4.69, 9.17) is 60.1 Å². The summed E-state index contributed by atoms with van der Waals surface area (Å²) in [6.07, 6.45) is 0. The first-order valence-corrected chi connectivity index (χ1v) is 10.0. The molecular formula is C10H19Cl4N2O4P. The Kier molecular flexibility index (Phi) is 9.13. The first-order chi connectivity index (χ1) is 9.99. The Hall–Kier alpha value is 1.19. The zero-order valence-corrected chi connectivity index (χ0v) is 15.6. The minimum absolute atomic E-state index is 0.0178. The van der Waals surface area contributed by atoms with Crippen molar-refractivity contribution in [1.82, 2.24) is 9.96 Å². The minimum Gasteiger partial charge on any atom is -0.250 e. The molecule has 6 nitrogen and oxygen atoms in total. The van der Waals surface area contributed by atoms with E-state index in [1.54, 1.807) is 4.90 Å². The third kappa shape index (κ3) is 5.35. The van der Waals surface area contributed by atoms with Crippen LogP contribution < -0.4 is 0 Å². The van der Waals surface area contributed by atoms with E-state index in [2.05, 4.69) is 0 Å². The summed E-state index contributed by atoms with van der Waals surface area (Å²) in [5, 5.41) is 1.36. The van der Waals surface area contributed by atoms with Crippen LogP contribution >= 0.6 is 54.2 Å². The molecule has 1 aliphatic rings. The van der Waals surface area contributed by atoms with Crippen LogP contribution in [0.4, 0.5) is 0 Å². The van der Waals surface area contributed by atoms with E-state index in [0.29, 0.717) is 43.8 Å². The second-order valence-electron chi connectivity index (χ2n) is 4.13. The molecule has 126 valence electrons. The molecule has 0 aromatic heterocycles. The molecule has 0 aromatic carbocycles. The van der Waals surface area contributed by atoms with Crippen LogP contribution in [-0.2, 0) is 18.2 Å². The van der Waals surface area contributed by atoms with Crippen LogP contribution in [0.15, 0.2) is 0 Å². The third-order valence-corrected chi connectivity index (χ3v) is 5.07. The van der Waals surface area contributed by atoms with E-state index in [-0.39, 0.29) is 5.88 Å². The van der Waals surface area contributed by atoms with Gasteiger partial charge in [0, 0.05) is 43.8 Å². The Morgan fingerprint density at radius 2 is 1.57 bits per heavy atom. The lowest BCUT2D eigenvalue weighted by Gasteiger charge is -2.49. The molecule has 1 aliphatic heterocycles. The highest BCUT2D eigenvalue weighted by molar-refractivity contribution is 7.49. The van der Waals surface area contributed by atoms with Crippen molar-refractivity contribution in [3.05, 3.63) is 0 Å². The van der Waals surface area contributed by atoms with Crippen molar-refractivity contribution in [1.29, 1.82) is 0 Å². The minimum atomic E-state index is -3.70. The van der Waals surface area contributed by atoms with Crippen LogP contribution in [0, 0.1) is 0 Å².